The average Bonchev–Trinajstić information content (AvgIpc) is 3.10. The van der Waals surface area contributed by atoms with Gasteiger partial charge in [-0.1, -0.05) is 36.4 Å². The lowest BCUT2D eigenvalue weighted by molar-refractivity contribution is -0.0911. The molecule has 2 aromatic carbocycles. The lowest BCUT2D eigenvalue weighted by Crippen LogP contribution is -2.67. The predicted octanol–water partition coefficient (Wildman–Crippen LogP) is 4.70. The van der Waals surface area contributed by atoms with Crippen LogP contribution in [0.5, 0.6) is 11.5 Å². The van der Waals surface area contributed by atoms with Crippen LogP contribution in [0, 0.1) is 5.92 Å². The van der Waals surface area contributed by atoms with Gasteiger partial charge in [-0.3, -0.25) is 4.90 Å². The van der Waals surface area contributed by atoms with Crippen LogP contribution in [0.15, 0.2) is 42.5 Å². The number of likely N-dealkylation sites (tertiary alicyclic amines) is 1. The van der Waals surface area contributed by atoms with E-state index < -0.39 is 6.17 Å². The zero-order chi connectivity index (χ0) is 20.5. The quantitative estimate of drug-likeness (QED) is 0.733. The Morgan fingerprint density at radius 3 is 2.83 bits per heavy atom. The predicted molar refractivity (Wildman–Crippen MR) is 115 cm³/mol. The van der Waals surface area contributed by atoms with Gasteiger partial charge in [0.2, 0.25) is 0 Å². The van der Waals surface area contributed by atoms with Gasteiger partial charge in [0.05, 0.1) is 7.11 Å². The number of methoxy groups -OCH3 is 1. The molecule has 2 heterocycles. The highest BCUT2D eigenvalue weighted by Crippen LogP contribution is 2.64. The Hall–Kier alpha value is -2.07. The Balaban J connectivity index is 1.41. The fourth-order valence-corrected chi connectivity index (χ4v) is 7.28. The number of hydrogen-bond donors (Lipinski definition) is 0. The normalized spacial score (nSPS) is 34.8. The maximum atomic E-state index is 15.2. The number of halogens is 1. The van der Waals surface area contributed by atoms with Crippen LogP contribution < -0.4 is 9.47 Å². The van der Waals surface area contributed by atoms with E-state index in [0.29, 0.717) is 24.4 Å². The zero-order valence-electron chi connectivity index (χ0n) is 17.8. The van der Waals surface area contributed by atoms with Gasteiger partial charge in [-0.25, -0.2) is 4.39 Å². The van der Waals surface area contributed by atoms with Crippen molar-refractivity contribution in [3.05, 3.63) is 59.2 Å². The average molecular weight is 408 g/mol. The van der Waals surface area contributed by atoms with Gasteiger partial charge in [0.1, 0.15) is 12.3 Å². The fraction of sp³-hybridized carbons (Fsp3) is 0.538. The monoisotopic (exact) mass is 407 g/mol. The van der Waals surface area contributed by atoms with Crippen molar-refractivity contribution >= 4 is 0 Å². The first-order valence-corrected chi connectivity index (χ1v) is 11.4. The minimum absolute atomic E-state index is 0.178. The summed E-state index contributed by atoms with van der Waals surface area (Å²) in [4.78, 5) is 2.73. The molecular weight excluding hydrogens is 377 g/mol. The molecule has 4 heteroatoms. The summed E-state index contributed by atoms with van der Waals surface area (Å²) in [5.74, 6) is 2.06. The van der Waals surface area contributed by atoms with Gasteiger partial charge in [-0.15, -0.1) is 0 Å². The topological polar surface area (TPSA) is 21.7 Å². The van der Waals surface area contributed by atoms with Gasteiger partial charge in [0.25, 0.3) is 0 Å². The minimum Gasteiger partial charge on any atom is -0.493 e. The number of piperidine rings is 1. The molecule has 0 N–H and O–H groups in total. The van der Waals surface area contributed by atoms with Crippen molar-refractivity contribution in [2.45, 2.75) is 68.8 Å². The first-order valence-electron chi connectivity index (χ1n) is 11.4. The van der Waals surface area contributed by atoms with E-state index in [2.05, 4.69) is 48.2 Å². The molecular formula is C26H30FNO2. The van der Waals surface area contributed by atoms with E-state index in [1.54, 1.807) is 7.11 Å². The van der Waals surface area contributed by atoms with E-state index in [1.165, 1.54) is 16.7 Å². The number of benzene rings is 2. The molecule has 3 unspecified atom stereocenters. The van der Waals surface area contributed by atoms with Gasteiger partial charge in [-0.2, -0.15) is 0 Å². The van der Waals surface area contributed by atoms with Crippen LogP contribution >= 0.6 is 0 Å². The largest absolute Gasteiger partial charge is 0.493 e. The zero-order valence-corrected chi connectivity index (χ0v) is 17.8. The second-order valence-electron chi connectivity index (χ2n) is 9.71. The van der Waals surface area contributed by atoms with E-state index in [9.17, 15) is 0 Å². The molecule has 158 valence electrons. The second kappa shape index (κ2) is 6.71. The van der Waals surface area contributed by atoms with Crippen molar-refractivity contribution in [1.29, 1.82) is 0 Å². The van der Waals surface area contributed by atoms with Gasteiger partial charge in [0, 0.05) is 23.1 Å². The summed E-state index contributed by atoms with van der Waals surface area (Å²) in [6.45, 7) is 3.38. The number of hydrogen-bond acceptors (Lipinski definition) is 3. The van der Waals surface area contributed by atoms with Crippen LogP contribution in [0.25, 0.3) is 0 Å². The Kier molecular flexibility index (Phi) is 4.18. The molecule has 2 aliphatic heterocycles. The number of rotatable bonds is 4. The SMILES string of the molecule is COc1ccc2c3c1O[C@@H]1C(F)CCC4[C@H](C2)N(C(C)Cc2ccccc2)CC[C@]341. The Labute approximate surface area is 178 Å². The highest BCUT2D eigenvalue weighted by Gasteiger charge is 2.66. The van der Waals surface area contributed by atoms with Crippen molar-refractivity contribution in [3.63, 3.8) is 0 Å². The molecule has 0 aromatic heterocycles. The molecule has 2 fully saturated rings. The third kappa shape index (κ3) is 2.40. The summed E-state index contributed by atoms with van der Waals surface area (Å²) in [6, 6.07) is 15.9. The molecule has 1 saturated carbocycles. The maximum absolute atomic E-state index is 15.2. The molecule has 1 spiro atoms. The highest BCUT2D eigenvalue weighted by molar-refractivity contribution is 5.61. The van der Waals surface area contributed by atoms with Gasteiger partial charge in [-0.05, 0) is 68.7 Å². The Morgan fingerprint density at radius 1 is 1.20 bits per heavy atom. The summed E-state index contributed by atoms with van der Waals surface area (Å²) >= 11 is 0. The summed E-state index contributed by atoms with van der Waals surface area (Å²) in [5, 5.41) is 0. The minimum atomic E-state index is -0.891. The van der Waals surface area contributed by atoms with Gasteiger partial charge >= 0.3 is 0 Å². The number of alkyl halides is 1. The van der Waals surface area contributed by atoms with Gasteiger partial charge in [0.15, 0.2) is 11.5 Å². The van der Waals surface area contributed by atoms with Crippen LogP contribution in [-0.4, -0.2) is 42.9 Å². The molecule has 2 bridgehead atoms. The number of ether oxygens (including phenoxy) is 2. The van der Waals surface area contributed by atoms with E-state index >= 15 is 4.39 Å². The second-order valence-corrected chi connectivity index (χ2v) is 9.71. The third-order valence-corrected chi connectivity index (χ3v) is 8.43. The van der Waals surface area contributed by atoms with Crippen molar-refractivity contribution in [1.82, 2.24) is 4.90 Å². The lowest BCUT2D eigenvalue weighted by Gasteiger charge is -2.59. The fourth-order valence-electron chi connectivity index (χ4n) is 7.28. The molecule has 2 aliphatic carbocycles. The van der Waals surface area contributed by atoms with Crippen LogP contribution in [0.3, 0.4) is 0 Å². The molecule has 2 aromatic rings. The van der Waals surface area contributed by atoms with Crippen molar-refractivity contribution in [2.75, 3.05) is 13.7 Å². The molecule has 4 aliphatic rings. The smallest absolute Gasteiger partial charge is 0.165 e. The molecule has 6 atom stereocenters. The molecule has 0 radical (unpaired) electrons. The summed E-state index contributed by atoms with van der Waals surface area (Å²) in [6.07, 6.45) is 3.39. The van der Waals surface area contributed by atoms with Crippen LogP contribution in [-0.2, 0) is 18.3 Å². The van der Waals surface area contributed by atoms with Crippen LogP contribution in [0.2, 0.25) is 0 Å². The van der Waals surface area contributed by atoms with E-state index in [4.69, 9.17) is 9.47 Å². The van der Waals surface area contributed by atoms with Crippen molar-refractivity contribution in [3.8, 4) is 11.5 Å². The Bertz CT molecular complexity index is 963. The summed E-state index contributed by atoms with van der Waals surface area (Å²) in [7, 11) is 1.69. The first kappa shape index (κ1) is 18.7. The Morgan fingerprint density at radius 2 is 2.03 bits per heavy atom. The highest BCUT2D eigenvalue weighted by atomic mass is 19.1. The molecule has 30 heavy (non-hydrogen) atoms. The maximum Gasteiger partial charge on any atom is 0.165 e. The molecule has 3 nitrogen and oxygen atoms in total. The van der Waals surface area contributed by atoms with E-state index in [0.717, 1.165) is 43.7 Å². The first-order chi connectivity index (χ1) is 14.6. The molecule has 6 rings (SSSR count). The molecule has 1 saturated heterocycles. The summed E-state index contributed by atoms with van der Waals surface area (Å²) < 4.78 is 27.2. The van der Waals surface area contributed by atoms with Crippen LogP contribution in [0.1, 0.15) is 42.9 Å². The standard InChI is InChI=1S/C26H30FNO2/c1-16(14-17-6-4-3-5-7-17)28-13-12-26-19-9-10-20(27)25(26)30-24-22(29-2)11-8-18(23(24)26)15-21(19)28/h3-8,11,16,19-21,25H,9-10,12-15H2,1-2H3/t16?,19?,20?,21-,25+,26+/m0/s1. The summed E-state index contributed by atoms with van der Waals surface area (Å²) in [5.41, 5.74) is 3.84. The molecule has 0 amide bonds. The van der Waals surface area contributed by atoms with Crippen molar-refractivity contribution < 1.29 is 13.9 Å². The van der Waals surface area contributed by atoms with Gasteiger partial charge < -0.3 is 9.47 Å². The number of nitrogens with zero attached hydrogens (tertiary/aromatic N) is 1. The third-order valence-electron chi connectivity index (χ3n) is 8.43. The van der Waals surface area contributed by atoms with Crippen molar-refractivity contribution in [2.24, 2.45) is 5.92 Å². The van der Waals surface area contributed by atoms with E-state index in [-0.39, 0.29) is 11.5 Å². The van der Waals surface area contributed by atoms with E-state index in [1.807, 2.05) is 6.07 Å². The van der Waals surface area contributed by atoms with Crippen LogP contribution in [0.4, 0.5) is 4.39 Å². The lowest BCUT2D eigenvalue weighted by atomic mass is 9.51.